The second-order valence-electron chi connectivity index (χ2n) is 4.76. The molecule has 1 N–H and O–H groups in total. The molecular weight excluding hydrogens is 200 g/mol. The maximum Gasteiger partial charge on any atom is 0.223 e. The van der Waals surface area contributed by atoms with Gasteiger partial charge < -0.3 is 10.2 Å². The number of carbonyl (C=O) groups is 1. The van der Waals surface area contributed by atoms with Crippen LogP contribution in [0.15, 0.2) is 0 Å². The van der Waals surface area contributed by atoms with Gasteiger partial charge in [-0.15, -0.1) is 0 Å². The Hall–Kier alpha value is -0.570. The number of rotatable bonds is 6. The standard InChI is InChI=1S/C13H26N2O/c1-3-5-9-15-10-6-12(7-11-15)13(16)14-8-4-2/h12H,3-11H2,1-2H3,(H,14,16). The van der Waals surface area contributed by atoms with Crippen LogP contribution in [0.1, 0.15) is 46.0 Å². The number of carbonyl (C=O) groups excluding carboxylic acids is 1. The fourth-order valence-electron chi connectivity index (χ4n) is 2.19. The highest BCUT2D eigenvalue weighted by atomic mass is 16.1. The molecule has 0 aliphatic carbocycles. The van der Waals surface area contributed by atoms with E-state index in [-0.39, 0.29) is 11.8 Å². The van der Waals surface area contributed by atoms with E-state index < -0.39 is 0 Å². The van der Waals surface area contributed by atoms with E-state index in [0.29, 0.717) is 0 Å². The van der Waals surface area contributed by atoms with Crippen LogP contribution in [0.4, 0.5) is 0 Å². The summed E-state index contributed by atoms with van der Waals surface area (Å²) in [5.74, 6) is 0.543. The van der Waals surface area contributed by atoms with Gasteiger partial charge in [-0.25, -0.2) is 0 Å². The maximum absolute atomic E-state index is 11.7. The van der Waals surface area contributed by atoms with E-state index in [1.807, 2.05) is 0 Å². The monoisotopic (exact) mass is 226 g/mol. The van der Waals surface area contributed by atoms with E-state index in [0.717, 1.165) is 38.9 Å². The van der Waals surface area contributed by atoms with E-state index in [4.69, 9.17) is 0 Å². The number of likely N-dealkylation sites (tertiary alicyclic amines) is 1. The summed E-state index contributed by atoms with van der Waals surface area (Å²) >= 11 is 0. The topological polar surface area (TPSA) is 32.3 Å². The summed E-state index contributed by atoms with van der Waals surface area (Å²) in [6, 6.07) is 0. The molecule has 1 heterocycles. The predicted octanol–water partition coefficient (Wildman–Crippen LogP) is 2.02. The first-order chi connectivity index (χ1) is 7.77. The van der Waals surface area contributed by atoms with Crippen LogP contribution in [-0.4, -0.2) is 37.0 Å². The van der Waals surface area contributed by atoms with E-state index in [1.165, 1.54) is 19.4 Å². The zero-order valence-corrected chi connectivity index (χ0v) is 10.8. The molecule has 0 aromatic rings. The summed E-state index contributed by atoms with van der Waals surface area (Å²) in [5, 5.41) is 3.00. The molecule has 0 aromatic carbocycles. The SMILES string of the molecule is CCCCN1CCC(C(=O)NCCC)CC1. The first-order valence-electron chi connectivity index (χ1n) is 6.78. The highest BCUT2D eigenvalue weighted by molar-refractivity contribution is 5.78. The van der Waals surface area contributed by atoms with Crippen molar-refractivity contribution < 1.29 is 4.79 Å². The van der Waals surface area contributed by atoms with Gasteiger partial charge in [0, 0.05) is 12.5 Å². The zero-order chi connectivity index (χ0) is 11.8. The van der Waals surface area contributed by atoms with Crippen LogP contribution >= 0.6 is 0 Å². The molecule has 0 saturated carbocycles. The minimum Gasteiger partial charge on any atom is -0.356 e. The van der Waals surface area contributed by atoms with Gasteiger partial charge in [0.05, 0.1) is 0 Å². The first-order valence-corrected chi connectivity index (χ1v) is 6.78. The Morgan fingerprint density at radius 3 is 2.50 bits per heavy atom. The summed E-state index contributed by atoms with van der Waals surface area (Å²) in [6.45, 7) is 8.56. The Morgan fingerprint density at radius 1 is 1.25 bits per heavy atom. The van der Waals surface area contributed by atoms with Crippen LogP contribution in [0.3, 0.4) is 0 Å². The lowest BCUT2D eigenvalue weighted by atomic mass is 9.95. The lowest BCUT2D eigenvalue weighted by molar-refractivity contribution is -0.126. The van der Waals surface area contributed by atoms with Crippen molar-refractivity contribution in [2.24, 2.45) is 5.92 Å². The Labute approximate surface area is 99.6 Å². The number of piperidine rings is 1. The van der Waals surface area contributed by atoms with Gasteiger partial charge in [-0.2, -0.15) is 0 Å². The van der Waals surface area contributed by atoms with Gasteiger partial charge in [-0.05, 0) is 45.3 Å². The van der Waals surface area contributed by atoms with Crippen LogP contribution in [-0.2, 0) is 4.79 Å². The lowest BCUT2D eigenvalue weighted by Gasteiger charge is -2.31. The van der Waals surface area contributed by atoms with E-state index >= 15 is 0 Å². The summed E-state index contributed by atoms with van der Waals surface area (Å²) in [5.41, 5.74) is 0. The molecule has 1 aliphatic rings. The Kier molecular flexibility index (Phi) is 6.46. The maximum atomic E-state index is 11.7. The Morgan fingerprint density at radius 2 is 1.94 bits per heavy atom. The summed E-state index contributed by atoms with van der Waals surface area (Å²) in [7, 11) is 0. The number of amides is 1. The molecule has 16 heavy (non-hydrogen) atoms. The lowest BCUT2D eigenvalue weighted by Crippen LogP contribution is -2.40. The van der Waals surface area contributed by atoms with Crippen molar-refractivity contribution >= 4 is 5.91 Å². The second-order valence-corrected chi connectivity index (χ2v) is 4.76. The molecule has 0 atom stereocenters. The van der Waals surface area contributed by atoms with Crippen molar-refractivity contribution in [2.75, 3.05) is 26.2 Å². The van der Waals surface area contributed by atoms with Crippen molar-refractivity contribution in [2.45, 2.75) is 46.0 Å². The Bertz CT molecular complexity index is 198. The highest BCUT2D eigenvalue weighted by Crippen LogP contribution is 2.17. The fraction of sp³-hybridized carbons (Fsp3) is 0.923. The van der Waals surface area contributed by atoms with Crippen molar-refractivity contribution in [3.63, 3.8) is 0 Å². The van der Waals surface area contributed by atoms with Crippen LogP contribution < -0.4 is 5.32 Å². The number of nitrogens with one attached hydrogen (secondary N) is 1. The molecule has 1 saturated heterocycles. The second kappa shape index (κ2) is 7.66. The van der Waals surface area contributed by atoms with Gasteiger partial charge >= 0.3 is 0 Å². The van der Waals surface area contributed by atoms with Crippen LogP contribution in [0.25, 0.3) is 0 Å². The van der Waals surface area contributed by atoms with Gasteiger partial charge in [0.2, 0.25) is 5.91 Å². The third-order valence-corrected chi connectivity index (χ3v) is 3.34. The predicted molar refractivity (Wildman–Crippen MR) is 67.4 cm³/mol. The minimum atomic E-state index is 0.268. The van der Waals surface area contributed by atoms with Gasteiger partial charge in [0.1, 0.15) is 0 Å². The van der Waals surface area contributed by atoms with Crippen molar-refractivity contribution in [1.29, 1.82) is 0 Å². The minimum absolute atomic E-state index is 0.268. The summed E-state index contributed by atoms with van der Waals surface area (Å²) < 4.78 is 0. The molecule has 0 spiro atoms. The van der Waals surface area contributed by atoms with Crippen molar-refractivity contribution in [3.8, 4) is 0 Å². The molecule has 0 bridgehead atoms. The van der Waals surface area contributed by atoms with Crippen molar-refractivity contribution in [3.05, 3.63) is 0 Å². The summed E-state index contributed by atoms with van der Waals surface area (Å²) in [4.78, 5) is 14.2. The molecule has 1 amide bonds. The quantitative estimate of drug-likeness (QED) is 0.751. The number of hydrogen-bond acceptors (Lipinski definition) is 2. The third-order valence-electron chi connectivity index (χ3n) is 3.34. The number of nitrogens with zero attached hydrogens (tertiary/aromatic N) is 1. The molecule has 0 radical (unpaired) electrons. The molecular formula is C13H26N2O. The van der Waals surface area contributed by atoms with E-state index in [1.54, 1.807) is 0 Å². The van der Waals surface area contributed by atoms with Crippen LogP contribution in [0, 0.1) is 5.92 Å². The highest BCUT2D eigenvalue weighted by Gasteiger charge is 2.23. The van der Waals surface area contributed by atoms with Crippen molar-refractivity contribution in [1.82, 2.24) is 10.2 Å². The molecule has 0 unspecified atom stereocenters. The van der Waals surface area contributed by atoms with Gasteiger partial charge in [-0.3, -0.25) is 4.79 Å². The van der Waals surface area contributed by atoms with E-state index in [2.05, 4.69) is 24.1 Å². The molecule has 0 aromatic heterocycles. The number of unbranched alkanes of at least 4 members (excludes halogenated alkanes) is 1. The van der Waals surface area contributed by atoms with E-state index in [9.17, 15) is 4.79 Å². The zero-order valence-electron chi connectivity index (χ0n) is 10.8. The smallest absolute Gasteiger partial charge is 0.223 e. The summed E-state index contributed by atoms with van der Waals surface area (Å²) in [6.07, 6.45) is 5.66. The van der Waals surface area contributed by atoms with Crippen LogP contribution in [0.2, 0.25) is 0 Å². The number of hydrogen-bond donors (Lipinski definition) is 1. The average molecular weight is 226 g/mol. The Balaban J connectivity index is 2.18. The average Bonchev–Trinajstić information content (AvgIpc) is 2.34. The first kappa shape index (κ1) is 13.5. The largest absolute Gasteiger partial charge is 0.356 e. The van der Waals surface area contributed by atoms with Crippen LogP contribution in [0.5, 0.6) is 0 Å². The molecule has 1 aliphatic heterocycles. The van der Waals surface area contributed by atoms with Gasteiger partial charge in [0.25, 0.3) is 0 Å². The fourth-order valence-corrected chi connectivity index (χ4v) is 2.19. The molecule has 1 rings (SSSR count). The molecule has 3 nitrogen and oxygen atoms in total. The van der Waals surface area contributed by atoms with Gasteiger partial charge in [-0.1, -0.05) is 20.3 Å². The molecule has 94 valence electrons. The normalized spacial score (nSPS) is 18.6. The third kappa shape index (κ3) is 4.52. The van der Waals surface area contributed by atoms with Gasteiger partial charge in [0.15, 0.2) is 0 Å². The molecule has 3 heteroatoms. The molecule has 1 fully saturated rings.